The highest BCUT2D eigenvalue weighted by atomic mass is 32.2. The van der Waals surface area contributed by atoms with Crippen LogP contribution in [0.5, 0.6) is 0 Å². The van der Waals surface area contributed by atoms with Gasteiger partial charge in [-0.2, -0.15) is 4.31 Å². The number of quaternary nitrogens is 1. The number of amides is 1. The summed E-state index contributed by atoms with van der Waals surface area (Å²) >= 11 is 1.69. The van der Waals surface area contributed by atoms with Gasteiger partial charge in [0.2, 0.25) is 10.0 Å². The molecule has 1 fully saturated rings. The third-order valence-electron chi connectivity index (χ3n) is 4.77. The van der Waals surface area contributed by atoms with E-state index in [0.29, 0.717) is 44.2 Å². The second kappa shape index (κ2) is 8.97. The molecule has 0 bridgehead atoms. The molecule has 1 saturated heterocycles. The van der Waals surface area contributed by atoms with Crippen molar-refractivity contribution in [1.82, 2.24) is 9.62 Å². The van der Waals surface area contributed by atoms with E-state index in [1.807, 2.05) is 30.5 Å². The molecule has 2 heterocycles. The molecule has 0 atom stereocenters. The van der Waals surface area contributed by atoms with Crippen LogP contribution in [0.25, 0.3) is 0 Å². The second-order valence-electron chi connectivity index (χ2n) is 6.82. The molecule has 3 rings (SSSR count). The lowest BCUT2D eigenvalue weighted by atomic mass is 10.2. The lowest BCUT2D eigenvalue weighted by Crippen LogP contribution is -3.15. The molecule has 146 valence electrons. The fourth-order valence-electron chi connectivity index (χ4n) is 3.15. The number of nitrogens with zero attached hydrogens (tertiary/aromatic N) is 1. The average Bonchev–Trinajstić information content (AvgIpc) is 3.16. The van der Waals surface area contributed by atoms with Crippen molar-refractivity contribution in [3.05, 3.63) is 52.2 Å². The van der Waals surface area contributed by atoms with E-state index in [2.05, 4.69) is 11.4 Å². The first kappa shape index (κ1) is 20.0. The lowest BCUT2D eigenvalue weighted by Gasteiger charge is -2.31. The first-order valence-corrected chi connectivity index (χ1v) is 11.5. The Balaban J connectivity index is 1.44. The van der Waals surface area contributed by atoms with Crippen molar-refractivity contribution >= 4 is 27.3 Å². The standard InChI is InChI=1S/C19H25N3O3S2/c1-16-4-6-18(7-5-16)27(24,25)22-12-10-21(11-13-22)15-19(23)20-9-8-17-3-2-14-26-17/h2-7,14H,8-13,15H2,1H3,(H,20,23)/p+1. The van der Waals surface area contributed by atoms with E-state index in [9.17, 15) is 13.2 Å². The molecular formula is C19H26N3O3S2+. The largest absolute Gasteiger partial charge is 0.351 e. The molecule has 1 aromatic heterocycles. The smallest absolute Gasteiger partial charge is 0.275 e. The molecule has 2 N–H and O–H groups in total. The number of sulfonamides is 1. The van der Waals surface area contributed by atoms with E-state index in [4.69, 9.17) is 0 Å². The molecule has 1 aromatic carbocycles. The minimum atomic E-state index is -3.45. The normalized spacial score (nSPS) is 16.3. The Labute approximate surface area is 164 Å². The maximum absolute atomic E-state index is 12.7. The van der Waals surface area contributed by atoms with Gasteiger partial charge in [0.25, 0.3) is 5.91 Å². The van der Waals surface area contributed by atoms with E-state index in [1.165, 1.54) is 9.18 Å². The monoisotopic (exact) mass is 408 g/mol. The predicted octanol–water partition coefficient (Wildman–Crippen LogP) is 0.305. The minimum Gasteiger partial charge on any atom is -0.351 e. The quantitative estimate of drug-likeness (QED) is 0.693. The summed E-state index contributed by atoms with van der Waals surface area (Å²) in [5.74, 6) is 0.0244. The molecule has 1 aliphatic heterocycles. The number of carbonyl (C=O) groups excluding carboxylic acids is 1. The molecule has 0 spiro atoms. The van der Waals surface area contributed by atoms with Crippen molar-refractivity contribution in [1.29, 1.82) is 0 Å². The summed E-state index contributed by atoms with van der Waals surface area (Å²) in [6.07, 6.45) is 0.849. The van der Waals surface area contributed by atoms with E-state index < -0.39 is 10.0 Å². The number of hydrogen-bond acceptors (Lipinski definition) is 4. The summed E-state index contributed by atoms with van der Waals surface area (Å²) in [6, 6.07) is 11.0. The number of piperazine rings is 1. The zero-order valence-corrected chi connectivity index (χ0v) is 17.1. The number of nitrogens with one attached hydrogen (secondary N) is 2. The Morgan fingerprint density at radius 3 is 2.52 bits per heavy atom. The van der Waals surface area contributed by atoms with Gasteiger partial charge in [-0.1, -0.05) is 23.8 Å². The molecule has 1 aliphatic rings. The van der Waals surface area contributed by atoms with Gasteiger partial charge in [-0.3, -0.25) is 4.79 Å². The van der Waals surface area contributed by atoms with Crippen LogP contribution in [0, 0.1) is 6.92 Å². The van der Waals surface area contributed by atoms with Crippen LogP contribution in [0.2, 0.25) is 0 Å². The van der Waals surface area contributed by atoms with Gasteiger partial charge < -0.3 is 10.2 Å². The maximum atomic E-state index is 12.7. The van der Waals surface area contributed by atoms with Gasteiger partial charge in [0.05, 0.1) is 31.1 Å². The zero-order chi connectivity index (χ0) is 19.3. The van der Waals surface area contributed by atoms with Crippen LogP contribution >= 0.6 is 11.3 Å². The molecule has 0 unspecified atom stereocenters. The summed E-state index contributed by atoms with van der Waals surface area (Å²) < 4.78 is 27.0. The molecule has 1 amide bonds. The Bertz CT molecular complexity index is 841. The summed E-state index contributed by atoms with van der Waals surface area (Å²) in [7, 11) is -3.45. The van der Waals surface area contributed by atoms with Gasteiger partial charge in [-0.15, -0.1) is 11.3 Å². The second-order valence-corrected chi connectivity index (χ2v) is 9.79. The molecular weight excluding hydrogens is 382 g/mol. The van der Waals surface area contributed by atoms with Crippen LogP contribution in [0.4, 0.5) is 0 Å². The molecule has 0 saturated carbocycles. The number of rotatable bonds is 7. The van der Waals surface area contributed by atoms with Crippen LogP contribution in [-0.4, -0.2) is 57.9 Å². The highest BCUT2D eigenvalue weighted by Crippen LogP contribution is 2.16. The van der Waals surface area contributed by atoms with Gasteiger partial charge >= 0.3 is 0 Å². The summed E-state index contributed by atoms with van der Waals surface area (Å²) in [5.41, 5.74) is 1.04. The number of benzene rings is 1. The van der Waals surface area contributed by atoms with Crippen molar-refractivity contribution in [2.45, 2.75) is 18.2 Å². The molecule has 8 heteroatoms. The van der Waals surface area contributed by atoms with E-state index in [-0.39, 0.29) is 5.91 Å². The van der Waals surface area contributed by atoms with E-state index >= 15 is 0 Å². The van der Waals surface area contributed by atoms with Gasteiger partial charge in [0, 0.05) is 11.4 Å². The molecule has 6 nitrogen and oxygen atoms in total. The Morgan fingerprint density at radius 2 is 1.89 bits per heavy atom. The number of thiophene rings is 1. The van der Waals surface area contributed by atoms with Gasteiger partial charge in [0.1, 0.15) is 0 Å². The van der Waals surface area contributed by atoms with Crippen molar-refractivity contribution in [3.8, 4) is 0 Å². The Morgan fingerprint density at radius 1 is 1.19 bits per heavy atom. The number of aryl methyl sites for hydroxylation is 1. The van der Waals surface area contributed by atoms with E-state index in [1.54, 1.807) is 23.5 Å². The third-order valence-corrected chi connectivity index (χ3v) is 7.62. The van der Waals surface area contributed by atoms with Crippen LogP contribution in [0.15, 0.2) is 46.7 Å². The predicted molar refractivity (Wildman–Crippen MR) is 107 cm³/mol. The lowest BCUT2D eigenvalue weighted by molar-refractivity contribution is -0.895. The van der Waals surface area contributed by atoms with Gasteiger partial charge in [-0.05, 0) is 36.9 Å². The Kier molecular flexibility index (Phi) is 6.64. The van der Waals surface area contributed by atoms with Crippen LogP contribution in [0.3, 0.4) is 0 Å². The first-order valence-electron chi connectivity index (χ1n) is 9.14. The summed E-state index contributed by atoms with van der Waals surface area (Å²) in [4.78, 5) is 14.8. The molecule has 0 radical (unpaired) electrons. The van der Waals surface area contributed by atoms with Crippen molar-refractivity contribution in [3.63, 3.8) is 0 Å². The minimum absolute atomic E-state index is 0.0244. The average molecular weight is 409 g/mol. The molecule has 27 heavy (non-hydrogen) atoms. The highest BCUT2D eigenvalue weighted by Gasteiger charge is 2.30. The molecule has 0 aliphatic carbocycles. The van der Waals surface area contributed by atoms with Crippen LogP contribution in [0.1, 0.15) is 10.4 Å². The topological polar surface area (TPSA) is 70.9 Å². The van der Waals surface area contributed by atoms with E-state index in [0.717, 1.165) is 16.9 Å². The van der Waals surface area contributed by atoms with Crippen LogP contribution < -0.4 is 10.2 Å². The van der Waals surface area contributed by atoms with Crippen molar-refractivity contribution in [2.24, 2.45) is 0 Å². The third kappa shape index (κ3) is 5.38. The van der Waals surface area contributed by atoms with Crippen molar-refractivity contribution in [2.75, 3.05) is 39.3 Å². The van der Waals surface area contributed by atoms with Gasteiger partial charge in [0.15, 0.2) is 6.54 Å². The van der Waals surface area contributed by atoms with Gasteiger partial charge in [-0.25, -0.2) is 8.42 Å². The van der Waals surface area contributed by atoms with Crippen LogP contribution in [-0.2, 0) is 21.2 Å². The SMILES string of the molecule is Cc1ccc(S(=O)(=O)N2CC[NH+](CC(=O)NCCc3cccs3)CC2)cc1. The molecule has 2 aromatic rings. The first-order chi connectivity index (χ1) is 12.9. The fourth-order valence-corrected chi connectivity index (χ4v) is 5.30. The summed E-state index contributed by atoms with van der Waals surface area (Å²) in [5, 5.41) is 4.99. The number of hydrogen-bond donors (Lipinski definition) is 2. The summed E-state index contributed by atoms with van der Waals surface area (Å²) in [6.45, 7) is 5.13. The Hall–Kier alpha value is -1.74. The zero-order valence-electron chi connectivity index (χ0n) is 15.5. The fraction of sp³-hybridized carbons (Fsp3) is 0.421. The number of carbonyl (C=O) groups is 1. The van der Waals surface area contributed by atoms with Crippen molar-refractivity contribution < 1.29 is 18.1 Å². The maximum Gasteiger partial charge on any atom is 0.275 e. The highest BCUT2D eigenvalue weighted by molar-refractivity contribution is 7.89.